The zero-order chi connectivity index (χ0) is 24.7. The van der Waals surface area contributed by atoms with Crippen LogP contribution < -0.4 is 10.8 Å². The molecule has 184 valence electrons. The smallest absolute Gasteiger partial charge is 0.275 e. The van der Waals surface area contributed by atoms with Gasteiger partial charge >= 0.3 is 0 Å². The maximum Gasteiger partial charge on any atom is 0.275 e. The number of aliphatic hydroxyl groups is 1. The van der Waals surface area contributed by atoms with E-state index < -0.39 is 6.29 Å². The third-order valence-corrected chi connectivity index (χ3v) is 6.12. The van der Waals surface area contributed by atoms with Crippen molar-refractivity contribution in [3.05, 3.63) is 78.6 Å². The fourth-order valence-corrected chi connectivity index (χ4v) is 4.20. The van der Waals surface area contributed by atoms with Crippen molar-refractivity contribution < 1.29 is 19.5 Å². The minimum atomic E-state index is -0.430. The Morgan fingerprint density at radius 3 is 2.50 bits per heavy atom. The Labute approximate surface area is 209 Å². The molecule has 3 N–H and O–H groups in total. The van der Waals surface area contributed by atoms with Crippen molar-refractivity contribution >= 4 is 22.5 Å². The number of amides is 1. The second-order valence-electron chi connectivity index (χ2n) is 8.60. The quantitative estimate of drug-likeness (QED) is 0.315. The van der Waals surface area contributed by atoms with Gasteiger partial charge in [-0.3, -0.25) is 9.78 Å². The van der Waals surface area contributed by atoms with Crippen LogP contribution in [0.1, 0.15) is 29.6 Å². The maximum atomic E-state index is 13.1. The predicted octanol–water partition coefficient (Wildman–Crippen LogP) is 4.56. The van der Waals surface area contributed by atoms with Crippen LogP contribution in [0.25, 0.3) is 33.3 Å². The average Bonchev–Trinajstić information content (AvgIpc) is 2.95. The van der Waals surface area contributed by atoms with Crippen LogP contribution in [-0.4, -0.2) is 47.0 Å². The van der Waals surface area contributed by atoms with Gasteiger partial charge in [0.25, 0.3) is 5.91 Å². The van der Waals surface area contributed by atoms with E-state index in [1.54, 1.807) is 24.5 Å². The molecular formula is C28H28N4O4. The number of nitrogens with one attached hydrogen (secondary N) is 2. The molecule has 5 rings (SSSR count). The van der Waals surface area contributed by atoms with Crippen molar-refractivity contribution in [2.24, 2.45) is 0 Å². The molecule has 3 heterocycles. The molecule has 1 aliphatic rings. The predicted molar refractivity (Wildman–Crippen MR) is 138 cm³/mol. The van der Waals surface area contributed by atoms with E-state index >= 15 is 0 Å². The van der Waals surface area contributed by atoms with E-state index in [4.69, 9.17) is 19.7 Å². The minimum Gasteiger partial charge on any atom is -0.395 e. The second-order valence-corrected chi connectivity index (χ2v) is 8.60. The molecule has 1 amide bonds. The summed E-state index contributed by atoms with van der Waals surface area (Å²) < 4.78 is 5.54. The zero-order valence-corrected chi connectivity index (χ0v) is 19.8. The van der Waals surface area contributed by atoms with Gasteiger partial charge in [0.05, 0.1) is 23.4 Å². The molecule has 0 saturated carbocycles. The van der Waals surface area contributed by atoms with E-state index in [1.807, 2.05) is 48.5 Å². The Balaban J connectivity index is 1.38. The number of fused-ring (bicyclic) bond motifs is 1. The van der Waals surface area contributed by atoms with Gasteiger partial charge < -0.3 is 15.2 Å². The normalized spacial score (nSPS) is 15.5. The summed E-state index contributed by atoms with van der Waals surface area (Å²) in [5, 5.41) is 12.8. The van der Waals surface area contributed by atoms with Crippen LogP contribution in [0.5, 0.6) is 0 Å². The number of anilines is 1. The largest absolute Gasteiger partial charge is 0.395 e. The van der Waals surface area contributed by atoms with Crippen molar-refractivity contribution in [1.82, 2.24) is 15.4 Å². The molecular weight excluding hydrogens is 456 g/mol. The topological polar surface area (TPSA) is 106 Å². The lowest BCUT2D eigenvalue weighted by atomic mass is 10.0. The van der Waals surface area contributed by atoms with Gasteiger partial charge in [-0.15, -0.1) is 0 Å². The molecule has 1 saturated heterocycles. The molecule has 4 aromatic rings. The van der Waals surface area contributed by atoms with Gasteiger partial charge in [0.1, 0.15) is 0 Å². The van der Waals surface area contributed by atoms with E-state index in [9.17, 15) is 4.79 Å². The number of carbonyl (C=O) groups is 1. The molecule has 8 nitrogen and oxygen atoms in total. The molecule has 1 atom stereocenters. The number of rotatable bonds is 8. The number of nitrogens with zero attached hydrogens (tertiary/aromatic N) is 2. The number of hydrogen-bond donors (Lipinski definition) is 3. The van der Waals surface area contributed by atoms with Gasteiger partial charge in [0.15, 0.2) is 6.29 Å². The Hall–Kier alpha value is -3.85. The number of ether oxygens (including phenoxy) is 1. The van der Waals surface area contributed by atoms with Crippen LogP contribution in [0, 0.1) is 0 Å². The van der Waals surface area contributed by atoms with Gasteiger partial charge in [0.2, 0.25) is 0 Å². The molecule has 1 fully saturated rings. The van der Waals surface area contributed by atoms with Gasteiger partial charge in [-0.2, -0.15) is 0 Å². The molecule has 0 spiro atoms. The lowest BCUT2D eigenvalue weighted by molar-refractivity contribution is -0.186. The highest BCUT2D eigenvalue weighted by atomic mass is 16.8. The van der Waals surface area contributed by atoms with Crippen molar-refractivity contribution in [3.8, 4) is 22.4 Å². The van der Waals surface area contributed by atoms with Crippen LogP contribution in [0.4, 0.5) is 5.69 Å². The van der Waals surface area contributed by atoms with E-state index in [1.165, 1.54) is 0 Å². The summed E-state index contributed by atoms with van der Waals surface area (Å²) in [6.07, 6.45) is 5.63. The van der Waals surface area contributed by atoms with E-state index in [0.717, 1.165) is 41.6 Å². The first-order valence-corrected chi connectivity index (χ1v) is 12.1. The second kappa shape index (κ2) is 11.3. The molecule has 1 unspecified atom stereocenters. The molecule has 8 heteroatoms. The van der Waals surface area contributed by atoms with Crippen LogP contribution in [0.3, 0.4) is 0 Å². The molecule has 0 bridgehead atoms. The van der Waals surface area contributed by atoms with Crippen LogP contribution in [0.2, 0.25) is 0 Å². The average molecular weight is 485 g/mol. The highest BCUT2D eigenvalue weighted by molar-refractivity contribution is 6.06. The third kappa shape index (κ3) is 5.52. The van der Waals surface area contributed by atoms with Gasteiger partial charge in [-0.1, -0.05) is 36.4 Å². The SMILES string of the molecule is O=C(NOC1CCCCO1)c1cc(-c2ccc(-c3ccc(NCCO)cc3)cc2)nc2ccncc12. The Morgan fingerprint density at radius 2 is 1.78 bits per heavy atom. The summed E-state index contributed by atoms with van der Waals surface area (Å²) in [6, 6.07) is 19.7. The fourth-order valence-electron chi connectivity index (χ4n) is 4.20. The first kappa shape index (κ1) is 23.9. The summed E-state index contributed by atoms with van der Waals surface area (Å²) in [6.45, 7) is 1.24. The van der Waals surface area contributed by atoms with E-state index in [0.29, 0.717) is 35.3 Å². The summed E-state index contributed by atoms with van der Waals surface area (Å²) in [4.78, 5) is 27.5. The standard InChI is InChI=1S/C28H28N4O4/c33-15-14-30-22-10-8-20(9-11-22)19-4-6-21(7-5-19)26-17-23(24-18-29-13-12-25(24)31-26)28(34)32-36-27-3-1-2-16-35-27/h4-13,17-18,27,30,33H,1-3,14-16H2,(H,32,34). The van der Waals surface area contributed by atoms with Crippen molar-refractivity contribution in [1.29, 1.82) is 0 Å². The van der Waals surface area contributed by atoms with Crippen LogP contribution >= 0.6 is 0 Å². The molecule has 2 aromatic carbocycles. The molecule has 36 heavy (non-hydrogen) atoms. The minimum absolute atomic E-state index is 0.0911. The Morgan fingerprint density at radius 1 is 1.03 bits per heavy atom. The summed E-state index contributed by atoms with van der Waals surface area (Å²) in [7, 11) is 0. The van der Waals surface area contributed by atoms with Crippen molar-refractivity contribution in [2.75, 3.05) is 25.1 Å². The van der Waals surface area contributed by atoms with E-state index in [2.05, 4.69) is 15.8 Å². The summed E-state index contributed by atoms with van der Waals surface area (Å²) >= 11 is 0. The van der Waals surface area contributed by atoms with Gasteiger partial charge in [-0.25, -0.2) is 15.3 Å². The number of pyridine rings is 2. The highest BCUT2D eigenvalue weighted by Crippen LogP contribution is 2.28. The molecule has 0 radical (unpaired) electrons. The maximum absolute atomic E-state index is 13.1. The molecule has 1 aliphatic heterocycles. The first-order chi connectivity index (χ1) is 17.7. The zero-order valence-electron chi connectivity index (χ0n) is 19.8. The number of aromatic nitrogens is 2. The first-order valence-electron chi connectivity index (χ1n) is 12.1. The summed E-state index contributed by atoms with van der Waals surface area (Å²) in [5.41, 5.74) is 8.35. The fraction of sp³-hybridized carbons (Fsp3) is 0.250. The van der Waals surface area contributed by atoms with Crippen molar-refractivity contribution in [3.63, 3.8) is 0 Å². The van der Waals surface area contributed by atoms with Crippen LogP contribution in [-0.2, 0) is 9.57 Å². The number of benzene rings is 2. The summed E-state index contributed by atoms with van der Waals surface area (Å²) in [5.74, 6) is -0.364. The lowest BCUT2D eigenvalue weighted by Gasteiger charge is -2.22. The van der Waals surface area contributed by atoms with Crippen molar-refractivity contribution in [2.45, 2.75) is 25.6 Å². The van der Waals surface area contributed by atoms with Gasteiger partial charge in [0, 0.05) is 48.6 Å². The Bertz CT molecular complexity index is 1320. The van der Waals surface area contributed by atoms with Gasteiger partial charge in [-0.05, 0) is 48.2 Å². The number of aliphatic hydroxyl groups excluding tert-OH is 1. The van der Waals surface area contributed by atoms with Crippen LogP contribution in [0.15, 0.2) is 73.1 Å². The third-order valence-electron chi connectivity index (χ3n) is 6.12. The van der Waals surface area contributed by atoms with E-state index in [-0.39, 0.29) is 12.5 Å². The monoisotopic (exact) mass is 484 g/mol. The number of hydrogen-bond acceptors (Lipinski definition) is 7. The number of carbonyl (C=O) groups excluding carboxylic acids is 1. The lowest BCUT2D eigenvalue weighted by Crippen LogP contribution is -2.33. The molecule has 2 aromatic heterocycles. The highest BCUT2D eigenvalue weighted by Gasteiger charge is 2.19. The number of hydroxylamine groups is 1. The molecule has 0 aliphatic carbocycles. The Kier molecular flexibility index (Phi) is 7.47.